The molecule has 0 amide bonds. The van der Waals surface area contributed by atoms with Gasteiger partial charge in [0.15, 0.2) is 0 Å². The highest BCUT2D eigenvalue weighted by molar-refractivity contribution is 5.09. The Morgan fingerprint density at radius 3 is 2.38 bits per heavy atom. The number of aryl methyl sites for hydroxylation is 1. The van der Waals surface area contributed by atoms with Crippen molar-refractivity contribution in [2.75, 3.05) is 0 Å². The maximum atomic E-state index is 6.11. The van der Waals surface area contributed by atoms with E-state index >= 15 is 0 Å². The number of hydrogen-bond acceptors (Lipinski definition) is 2. The number of nitrogens with two attached hydrogens (primary N) is 1. The lowest BCUT2D eigenvalue weighted by molar-refractivity contribution is 0.343. The Morgan fingerprint density at radius 2 is 1.81 bits per heavy atom. The summed E-state index contributed by atoms with van der Waals surface area (Å²) in [7, 11) is 0. The van der Waals surface area contributed by atoms with Crippen molar-refractivity contribution < 1.29 is 0 Å². The maximum Gasteiger partial charge on any atom is 0.0270 e. The molecule has 2 heteroatoms. The zero-order chi connectivity index (χ0) is 12.0. The van der Waals surface area contributed by atoms with Crippen LogP contribution in [0.1, 0.15) is 45.6 Å². The van der Waals surface area contributed by atoms with Gasteiger partial charge in [0.25, 0.3) is 0 Å². The summed E-state index contributed by atoms with van der Waals surface area (Å²) in [5, 5.41) is 0. The van der Waals surface area contributed by atoms with Crippen molar-refractivity contribution in [1.29, 1.82) is 0 Å². The van der Waals surface area contributed by atoms with Crippen LogP contribution in [0.4, 0.5) is 0 Å². The van der Waals surface area contributed by atoms with Gasteiger partial charge in [-0.2, -0.15) is 0 Å². The number of rotatable bonds is 5. The summed E-state index contributed by atoms with van der Waals surface area (Å²) in [6.45, 7) is 6.80. The van der Waals surface area contributed by atoms with Crippen LogP contribution in [0.2, 0.25) is 0 Å². The quantitative estimate of drug-likeness (QED) is 0.827. The number of hydrogen-bond donors (Lipinski definition) is 1. The topological polar surface area (TPSA) is 38.9 Å². The molecule has 2 nitrogen and oxygen atoms in total. The van der Waals surface area contributed by atoms with Gasteiger partial charge in [0.05, 0.1) is 0 Å². The molecular weight excluding hydrogens is 196 g/mol. The van der Waals surface area contributed by atoms with Crippen LogP contribution in [0.5, 0.6) is 0 Å². The van der Waals surface area contributed by atoms with Crippen molar-refractivity contribution in [1.82, 2.24) is 4.98 Å². The average molecular weight is 220 g/mol. The Bertz CT molecular complexity index is 287. The highest BCUT2D eigenvalue weighted by atomic mass is 14.6. The van der Waals surface area contributed by atoms with Gasteiger partial charge in [-0.1, -0.05) is 20.8 Å². The van der Waals surface area contributed by atoms with Crippen LogP contribution in [0.15, 0.2) is 24.5 Å². The summed E-state index contributed by atoms with van der Waals surface area (Å²) in [5.41, 5.74) is 7.84. The van der Waals surface area contributed by atoms with E-state index in [1.165, 1.54) is 12.0 Å². The second-order valence-electron chi connectivity index (χ2n) is 5.75. The van der Waals surface area contributed by atoms with Gasteiger partial charge in [-0.3, -0.25) is 4.98 Å². The second kappa shape index (κ2) is 6.00. The third-order valence-electron chi connectivity index (χ3n) is 2.82. The SMILES string of the molecule is CC(C)(C)CCC(N)CCc1ccncc1. The zero-order valence-electron chi connectivity index (χ0n) is 10.7. The predicted octanol–water partition coefficient (Wildman–Crippen LogP) is 3.17. The van der Waals surface area contributed by atoms with Crippen molar-refractivity contribution in [3.05, 3.63) is 30.1 Å². The summed E-state index contributed by atoms with van der Waals surface area (Å²) in [5.74, 6) is 0. The van der Waals surface area contributed by atoms with Gasteiger partial charge < -0.3 is 5.73 Å². The molecule has 0 bridgehead atoms. The number of aromatic nitrogens is 1. The fraction of sp³-hybridized carbons (Fsp3) is 0.643. The Labute approximate surface area is 99.3 Å². The van der Waals surface area contributed by atoms with Crippen LogP contribution >= 0.6 is 0 Å². The molecule has 1 rings (SSSR count). The molecule has 1 heterocycles. The van der Waals surface area contributed by atoms with Crippen LogP contribution in [0.25, 0.3) is 0 Å². The minimum atomic E-state index is 0.326. The van der Waals surface area contributed by atoms with Gasteiger partial charge in [-0.15, -0.1) is 0 Å². The molecule has 0 aliphatic rings. The fourth-order valence-electron chi connectivity index (χ4n) is 1.66. The van der Waals surface area contributed by atoms with Crippen molar-refractivity contribution in [3.63, 3.8) is 0 Å². The molecule has 90 valence electrons. The predicted molar refractivity (Wildman–Crippen MR) is 69.2 cm³/mol. The molecule has 1 atom stereocenters. The molecule has 2 N–H and O–H groups in total. The molecule has 1 unspecified atom stereocenters. The van der Waals surface area contributed by atoms with E-state index in [0.717, 1.165) is 19.3 Å². The van der Waals surface area contributed by atoms with E-state index in [0.29, 0.717) is 11.5 Å². The molecular formula is C14H24N2. The van der Waals surface area contributed by atoms with Gasteiger partial charge in [-0.25, -0.2) is 0 Å². The molecule has 0 fully saturated rings. The average Bonchev–Trinajstić information content (AvgIpc) is 2.24. The van der Waals surface area contributed by atoms with Crippen LogP contribution < -0.4 is 5.73 Å². The van der Waals surface area contributed by atoms with Gasteiger partial charge in [-0.05, 0) is 48.8 Å². The third kappa shape index (κ3) is 5.86. The van der Waals surface area contributed by atoms with E-state index in [1.807, 2.05) is 12.4 Å². The van der Waals surface area contributed by atoms with E-state index in [1.54, 1.807) is 0 Å². The van der Waals surface area contributed by atoms with E-state index in [-0.39, 0.29) is 0 Å². The van der Waals surface area contributed by atoms with Crippen LogP contribution in [0.3, 0.4) is 0 Å². The summed E-state index contributed by atoms with van der Waals surface area (Å²) >= 11 is 0. The molecule has 0 radical (unpaired) electrons. The Hall–Kier alpha value is -0.890. The normalized spacial score (nSPS) is 13.8. The molecule has 0 saturated heterocycles. The van der Waals surface area contributed by atoms with Crippen molar-refractivity contribution in [2.24, 2.45) is 11.1 Å². The van der Waals surface area contributed by atoms with Gasteiger partial charge in [0.2, 0.25) is 0 Å². The lowest BCUT2D eigenvalue weighted by Gasteiger charge is -2.20. The lowest BCUT2D eigenvalue weighted by Crippen LogP contribution is -2.23. The van der Waals surface area contributed by atoms with Crippen molar-refractivity contribution >= 4 is 0 Å². The van der Waals surface area contributed by atoms with Gasteiger partial charge >= 0.3 is 0 Å². The summed E-state index contributed by atoms with van der Waals surface area (Å²) in [6, 6.07) is 4.46. The van der Waals surface area contributed by atoms with Crippen molar-refractivity contribution in [2.45, 2.75) is 52.5 Å². The number of nitrogens with zero attached hydrogens (tertiary/aromatic N) is 1. The van der Waals surface area contributed by atoms with Gasteiger partial charge in [0.1, 0.15) is 0 Å². The van der Waals surface area contributed by atoms with Crippen molar-refractivity contribution in [3.8, 4) is 0 Å². The Balaban J connectivity index is 2.23. The molecule has 0 saturated carbocycles. The molecule has 16 heavy (non-hydrogen) atoms. The van der Waals surface area contributed by atoms with E-state index in [2.05, 4.69) is 37.9 Å². The maximum absolute atomic E-state index is 6.11. The first-order valence-electron chi connectivity index (χ1n) is 6.12. The Morgan fingerprint density at radius 1 is 1.19 bits per heavy atom. The highest BCUT2D eigenvalue weighted by Gasteiger charge is 2.12. The standard InChI is InChI=1S/C14H24N2/c1-14(2,3)9-6-13(15)5-4-12-7-10-16-11-8-12/h7-8,10-11,13H,4-6,9,15H2,1-3H3. The third-order valence-corrected chi connectivity index (χ3v) is 2.82. The first-order chi connectivity index (χ1) is 7.47. The molecule has 0 aromatic carbocycles. The van der Waals surface area contributed by atoms with Crippen LogP contribution in [-0.4, -0.2) is 11.0 Å². The minimum Gasteiger partial charge on any atom is -0.328 e. The molecule has 0 spiro atoms. The zero-order valence-corrected chi connectivity index (χ0v) is 10.7. The van der Waals surface area contributed by atoms with E-state index < -0.39 is 0 Å². The fourth-order valence-corrected chi connectivity index (χ4v) is 1.66. The first kappa shape index (κ1) is 13.2. The largest absolute Gasteiger partial charge is 0.328 e. The lowest BCUT2D eigenvalue weighted by atomic mass is 9.88. The number of pyridine rings is 1. The monoisotopic (exact) mass is 220 g/mol. The minimum absolute atomic E-state index is 0.326. The van der Waals surface area contributed by atoms with E-state index in [4.69, 9.17) is 5.73 Å². The highest BCUT2D eigenvalue weighted by Crippen LogP contribution is 2.22. The smallest absolute Gasteiger partial charge is 0.0270 e. The first-order valence-corrected chi connectivity index (χ1v) is 6.12. The van der Waals surface area contributed by atoms with Crippen LogP contribution in [0, 0.1) is 5.41 Å². The van der Waals surface area contributed by atoms with Gasteiger partial charge in [0, 0.05) is 18.4 Å². The van der Waals surface area contributed by atoms with Crippen LogP contribution in [-0.2, 0) is 6.42 Å². The second-order valence-corrected chi connectivity index (χ2v) is 5.75. The summed E-state index contributed by atoms with van der Waals surface area (Å²) in [4.78, 5) is 4.01. The molecule has 1 aromatic rings. The Kier molecular flexibility index (Phi) is 4.94. The molecule has 0 aliphatic heterocycles. The summed E-state index contributed by atoms with van der Waals surface area (Å²) < 4.78 is 0. The molecule has 0 aliphatic carbocycles. The summed E-state index contributed by atoms with van der Waals surface area (Å²) in [6.07, 6.45) is 8.14. The van der Waals surface area contributed by atoms with E-state index in [9.17, 15) is 0 Å². The molecule has 1 aromatic heterocycles.